The van der Waals surface area contributed by atoms with Crippen molar-refractivity contribution in [1.29, 1.82) is 0 Å². The molecule has 2 heterocycles. The van der Waals surface area contributed by atoms with Gasteiger partial charge in [0.05, 0.1) is 0 Å². The summed E-state index contributed by atoms with van der Waals surface area (Å²) in [7, 11) is 0. The molecule has 0 radical (unpaired) electrons. The van der Waals surface area contributed by atoms with Crippen molar-refractivity contribution in [2.45, 2.75) is 24.6 Å². The zero-order valence-electron chi connectivity index (χ0n) is 10.1. The van der Waals surface area contributed by atoms with E-state index in [1.165, 1.54) is 12.2 Å². The van der Waals surface area contributed by atoms with Crippen LogP contribution in [-0.2, 0) is 0 Å². The van der Waals surface area contributed by atoms with E-state index in [0.29, 0.717) is 11.9 Å². The number of rotatable bonds is 3. The molecule has 6 heteroatoms. The van der Waals surface area contributed by atoms with Crippen molar-refractivity contribution in [1.82, 2.24) is 20.6 Å². The molecule has 0 amide bonds. The maximum absolute atomic E-state index is 3.99. The Morgan fingerprint density at radius 3 is 3.11 bits per heavy atom. The Morgan fingerprint density at radius 2 is 2.39 bits per heavy atom. The van der Waals surface area contributed by atoms with Gasteiger partial charge < -0.3 is 5.32 Å². The van der Waals surface area contributed by atoms with Crippen molar-refractivity contribution < 1.29 is 0 Å². The highest BCUT2D eigenvalue weighted by Crippen LogP contribution is 2.29. The van der Waals surface area contributed by atoms with Crippen LogP contribution in [0.3, 0.4) is 0 Å². The molecule has 1 aliphatic heterocycles. The van der Waals surface area contributed by atoms with Crippen molar-refractivity contribution in [3.05, 3.63) is 24.3 Å². The van der Waals surface area contributed by atoms with E-state index in [4.69, 9.17) is 0 Å². The van der Waals surface area contributed by atoms with Gasteiger partial charge in [0.1, 0.15) is 0 Å². The van der Waals surface area contributed by atoms with Crippen LogP contribution in [0.25, 0.3) is 11.4 Å². The fraction of sp³-hybridized carbons (Fsp3) is 0.417. The van der Waals surface area contributed by atoms with Gasteiger partial charge in [-0.25, -0.2) is 0 Å². The average molecular weight is 261 g/mol. The quantitative estimate of drug-likeness (QED) is 0.886. The summed E-state index contributed by atoms with van der Waals surface area (Å²) in [6.07, 6.45) is 1.22. The molecule has 0 spiro atoms. The number of hydrogen-bond acceptors (Lipinski definition) is 5. The Balaban J connectivity index is 1.75. The van der Waals surface area contributed by atoms with Crippen LogP contribution in [0.1, 0.15) is 13.3 Å². The van der Waals surface area contributed by atoms with E-state index in [-0.39, 0.29) is 0 Å². The highest BCUT2D eigenvalue weighted by molar-refractivity contribution is 8.00. The monoisotopic (exact) mass is 261 g/mol. The molecule has 1 aromatic heterocycles. The maximum Gasteiger partial charge on any atom is 0.204 e. The first-order valence-electron chi connectivity index (χ1n) is 6.03. The molecule has 0 aliphatic carbocycles. The van der Waals surface area contributed by atoms with Crippen molar-refractivity contribution in [3.63, 3.8) is 0 Å². The van der Waals surface area contributed by atoms with E-state index in [0.717, 1.165) is 16.5 Å². The molecule has 94 valence electrons. The Kier molecular flexibility index (Phi) is 3.19. The SMILES string of the molecule is CC1CC(Nc2cccc(-c3nn[nH]n3)c2)CS1. The van der Waals surface area contributed by atoms with Crippen LogP contribution in [0.2, 0.25) is 0 Å². The lowest BCUT2D eigenvalue weighted by Gasteiger charge is -2.13. The van der Waals surface area contributed by atoms with Gasteiger partial charge in [0, 0.05) is 28.3 Å². The molecule has 2 N–H and O–H groups in total. The molecule has 1 aliphatic rings. The molecule has 0 saturated carbocycles. The van der Waals surface area contributed by atoms with Gasteiger partial charge in [-0.3, -0.25) is 0 Å². The summed E-state index contributed by atoms with van der Waals surface area (Å²) in [5, 5.41) is 18.4. The van der Waals surface area contributed by atoms with Gasteiger partial charge in [-0.2, -0.15) is 17.0 Å². The number of H-pyrrole nitrogens is 1. The fourth-order valence-electron chi connectivity index (χ4n) is 2.19. The third-order valence-corrected chi connectivity index (χ3v) is 4.39. The molecule has 2 aromatic rings. The normalized spacial score (nSPS) is 23.2. The standard InChI is InChI=1S/C12H15N5S/c1-8-5-11(7-18-8)13-10-4-2-3-9(6-10)12-14-16-17-15-12/h2-4,6,8,11,13H,5,7H2,1H3,(H,14,15,16,17). The molecule has 1 aromatic carbocycles. The summed E-state index contributed by atoms with van der Waals surface area (Å²) in [4.78, 5) is 0. The van der Waals surface area contributed by atoms with Crippen LogP contribution in [-0.4, -0.2) is 37.7 Å². The Bertz CT molecular complexity index is 513. The molecule has 2 atom stereocenters. The number of nitrogens with one attached hydrogen (secondary N) is 2. The number of anilines is 1. The fourth-order valence-corrected chi connectivity index (χ4v) is 3.33. The summed E-state index contributed by atoms with van der Waals surface area (Å²) in [5.74, 6) is 1.81. The van der Waals surface area contributed by atoms with E-state index < -0.39 is 0 Å². The predicted octanol–water partition coefficient (Wildman–Crippen LogP) is 2.17. The van der Waals surface area contributed by atoms with Gasteiger partial charge in [0.15, 0.2) is 0 Å². The maximum atomic E-state index is 3.99. The average Bonchev–Trinajstić information content (AvgIpc) is 3.01. The summed E-state index contributed by atoms with van der Waals surface area (Å²) in [6, 6.07) is 8.71. The van der Waals surface area contributed by atoms with E-state index in [2.05, 4.69) is 45.0 Å². The molecule has 18 heavy (non-hydrogen) atoms. The molecule has 5 nitrogen and oxygen atoms in total. The van der Waals surface area contributed by atoms with Crippen molar-refractivity contribution >= 4 is 17.4 Å². The smallest absolute Gasteiger partial charge is 0.204 e. The summed E-state index contributed by atoms with van der Waals surface area (Å²) >= 11 is 2.02. The number of tetrazole rings is 1. The number of hydrogen-bond donors (Lipinski definition) is 2. The van der Waals surface area contributed by atoms with Gasteiger partial charge in [-0.15, -0.1) is 10.2 Å². The first-order chi connectivity index (χ1) is 8.81. The molecule has 1 fully saturated rings. The highest BCUT2D eigenvalue weighted by Gasteiger charge is 2.21. The Morgan fingerprint density at radius 1 is 1.44 bits per heavy atom. The number of aromatic nitrogens is 4. The van der Waals surface area contributed by atoms with Gasteiger partial charge >= 0.3 is 0 Å². The van der Waals surface area contributed by atoms with Gasteiger partial charge in [-0.1, -0.05) is 19.1 Å². The first kappa shape index (κ1) is 11.5. The summed E-state index contributed by atoms with van der Waals surface area (Å²) in [6.45, 7) is 2.28. The van der Waals surface area contributed by atoms with Gasteiger partial charge in [-0.05, 0) is 23.8 Å². The zero-order valence-corrected chi connectivity index (χ0v) is 10.9. The van der Waals surface area contributed by atoms with Gasteiger partial charge in [0.2, 0.25) is 5.82 Å². The molecule has 1 saturated heterocycles. The van der Waals surface area contributed by atoms with Crippen LogP contribution < -0.4 is 5.32 Å². The predicted molar refractivity (Wildman–Crippen MR) is 73.6 cm³/mol. The third-order valence-electron chi connectivity index (χ3n) is 3.04. The van der Waals surface area contributed by atoms with E-state index >= 15 is 0 Å². The van der Waals surface area contributed by atoms with Crippen LogP contribution in [0.15, 0.2) is 24.3 Å². The van der Waals surface area contributed by atoms with E-state index in [1.54, 1.807) is 0 Å². The molecule has 0 bridgehead atoms. The molecular formula is C12H15N5S. The molecule has 3 rings (SSSR count). The molecular weight excluding hydrogens is 246 g/mol. The van der Waals surface area contributed by atoms with Crippen LogP contribution >= 0.6 is 11.8 Å². The minimum Gasteiger partial charge on any atom is -0.381 e. The van der Waals surface area contributed by atoms with E-state index in [1.807, 2.05) is 23.9 Å². The highest BCUT2D eigenvalue weighted by atomic mass is 32.2. The number of thioether (sulfide) groups is 1. The molecule has 2 unspecified atom stereocenters. The summed E-state index contributed by atoms with van der Waals surface area (Å²) < 4.78 is 0. The second kappa shape index (κ2) is 4.97. The van der Waals surface area contributed by atoms with E-state index in [9.17, 15) is 0 Å². The van der Waals surface area contributed by atoms with Crippen molar-refractivity contribution in [2.75, 3.05) is 11.1 Å². The lowest BCUT2D eigenvalue weighted by Crippen LogP contribution is -2.18. The lowest BCUT2D eigenvalue weighted by molar-refractivity contribution is 0.747. The Labute approximate surface area is 110 Å². The zero-order chi connectivity index (χ0) is 12.4. The largest absolute Gasteiger partial charge is 0.381 e. The minimum atomic E-state index is 0.561. The second-order valence-corrected chi connectivity index (χ2v) is 6.01. The second-order valence-electron chi connectivity index (χ2n) is 4.54. The van der Waals surface area contributed by atoms with Crippen LogP contribution in [0.5, 0.6) is 0 Å². The number of aromatic amines is 1. The first-order valence-corrected chi connectivity index (χ1v) is 7.08. The Hall–Kier alpha value is -1.56. The van der Waals surface area contributed by atoms with Crippen LogP contribution in [0.4, 0.5) is 5.69 Å². The van der Waals surface area contributed by atoms with Crippen molar-refractivity contribution in [2.24, 2.45) is 0 Å². The topological polar surface area (TPSA) is 66.5 Å². The summed E-state index contributed by atoms with van der Waals surface area (Å²) in [5.41, 5.74) is 2.10. The van der Waals surface area contributed by atoms with Crippen LogP contribution in [0, 0.1) is 0 Å². The van der Waals surface area contributed by atoms with Gasteiger partial charge in [0.25, 0.3) is 0 Å². The lowest BCUT2D eigenvalue weighted by atomic mass is 10.1. The third kappa shape index (κ3) is 2.48. The van der Waals surface area contributed by atoms with Crippen molar-refractivity contribution in [3.8, 4) is 11.4 Å². The minimum absolute atomic E-state index is 0.561. The number of nitrogens with zero attached hydrogens (tertiary/aromatic N) is 3. The number of benzene rings is 1.